The van der Waals surface area contributed by atoms with Crippen LogP contribution in [0.4, 0.5) is 11.4 Å². The van der Waals surface area contributed by atoms with E-state index in [1.807, 2.05) is 0 Å². The second kappa shape index (κ2) is 4.31. The first kappa shape index (κ1) is 12.8. The second-order valence-electron chi connectivity index (χ2n) is 6.72. The van der Waals surface area contributed by atoms with Crippen molar-refractivity contribution in [1.82, 2.24) is 5.32 Å². The summed E-state index contributed by atoms with van der Waals surface area (Å²) in [5.74, 6) is 0. The van der Waals surface area contributed by atoms with Gasteiger partial charge in [0.25, 0.3) is 0 Å². The number of anilines is 1. The Morgan fingerprint density at radius 3 is 2.71 bits per heavy atom. The van der Waals surface area contributed by atoms with Gasteiger partial charge in [0, 0.05) is 29.9 Å². The maximum absolute atomic E-state index is 4.74. The van der Waals surface area contributed by atoms with E-state index in [9.17, 15) is 0 Å². The molecule has 108 valence electrons. The van der Waals surface area contributed by atoms with E-state index in [4.69, 9.17) is 4.99 Å². The van der Waals surface area contributed by atoms with Crippen LogP contribution >= 0.6 is 0 Å². The minimum absolute atomic E-state index is 0.0294. The summed E-state index contributed by atoms with van der Waals surface area (Å²) in [6, 6.07) is 11.6. The van der Waals surface area contributed by atoms with Crippen LogP contribution in [-0.4, -0.2) is 24.8 Å². The average molecular weight is 279 g/mol. The van der Waals surface area contributed by atoms with Gasteiger partial charge in [-0.15, -0.1) is 0 Å². The lowest BCUT2D eigenvalue weighted by Crippen LogP contribution is -2.51. The van der Waals surface area contributed by atoms with Crippen LogP contribution < -0.4 is 10.6 Å². The van der Waals surface area contributed by atoms with Crippen LogP contribution in [0.5, 0.6) is 0 Å². The Bertz CT molecular complexity index is 754. The highest BCUT2D eigenvalue weighted by atomic mass is 15.1. The first-order valence-electron chi connectivity index (χ1n) is 7.66. The number of aliphatic imine (C=N–C) groups is 1. The summed E-state index contributed by atoms with van der Waals surface area (Å²) in [6.07, 6.45) is 0. The smallest absolute Gasteiger partial charge is 0.0677 e. The van der Waals surface area contributed by atoms with Gasteiger partial charge in [-0.05, 0) is 41.5 Å². The average Bonchev–Trinajstić information content (AvgIpc) is 2.65. The maximum atomic E-state index is 4.74. The number of hydrogen-bond acceptors (Lipinski definition) is 3. The molecule has 0 saturated carbocycles. The Morgan fingerprint density at radius 1 is 1.19 bits per heavy atom. The van der Waals surface area contributed by atoms with Crippen molar-refractivity contribution in [3.63, 3.8) is 0 Å². The Kier molecular flexibility index (Phi) is 2.64. The van der Waals surface area contributed by atoms with Crippen LogP contribution in [-0.2, 0) is 5.41 Å². The van der Waals surface area contributed by atoms with Gasteiger partial charge in [0.05, 0.1) is 11.7 Å². The fourth-order valence-electron chi connectivity index (χ4n) is 3.29. The van der Waals surface area contributed by atoms with E-state index < -0.39 is 0 Å². The number of hydrogen-bond donors (Lipinski definition) is 2. The summed E-state index contributed by atoms with van der Waals surface area (Å²) in [4.78, 5) is 4.74. The van der Waals surface area contributed by atoms with E-state index in [0.717, 1.165) is 18.8 Å². The predicted molar refractivity (Wildman–Crippen MR) is 90.0 cm³/mol. The number of fused-ring (bicyclic) bond motifs is 3. The molecular weight excluding hydrogens is 258 g/mol. The van der Waals surface area contributed by atoms with E-state index in [1.54, 1.807) is 0 Å². The Morgan fingerprint density at radius 2 is 2.00 bits per heavy atom. The van der Waals surface area contributed by atoms with Gasteiger partial charge in [-0.25, -0.2) is 0 Å². The van der Waals surface area contributed by atoms with Gasteiger partial charge in [0.15, 0.2) is 0 Å². The van der Waals surface area contributed by atoms with E-state index in [2.05, 4.69) is 61.7 Å². The van der Waals surface area contributed by atoms with Crippen molar-refractivity contribution in [1.29, 1.82) is 0 Å². The molecule has 0 spiro atoms. The van der Waals surface area contributed by atoms with E-state index in [1.165, 1.54) is 27.7 Å². The topological polar surface area (TPSA) is 36.4 Å². The summed E-state index contributed by atoms with van der Waals surface area (Å²) >= 11 is 0. The molecule has 2 aromatic carbocycles. The van der Waals surface area contributed by atoms with Crippen molar-refractivity contribution in [2.24, 2.45) is 4.99 Å². The molecule has 3 heteroatoms. The monoisotopic (exact) mass is 279 g/mol. The van der Waals surface area contributed by atoms with Crippen LogP contribution in [0, 0.1) is 0 Å². The third kappa shape index (κ3) is 1.88. The van der Waals surface area contributed by atoms with Crippen molar-refractivity contribution < 1.29 is 0 Å². The fourth-order valence-corrected chi connectivity index (χ4v) is 3.29. The Balaban J connectivity index is 1.80. The van der Waals surface area contributed by atoms with Gasteiger partial charge >= 0.3 is 0 Å². The molecule has 1 fully saturated rings. The molecule has 2 heterocycles. The molecule has 2 aliphatic rings. The summed E-state index contributed by atoms with van der Waals surface area (Å²) in [7, 11) is 0. The number of nitrogens with one attached hydrogen (secondary N) is 2. The van der Waals surface area contributed by atoms with Gasteiger partial charge < -0.3 is 10.6 Å². The summed E-state index contributed by atoms with van der Waals surface area (Å²) in [5.41, 5.74) is 4.94. The molecule has 4 rings (SSSR count). The van der Waals surface area contributed by atoms with Crippen LogP contribution in [0.3, 0.4) is 0 Å². The van der Waals surface area contributed by atoms with E-state index in [-0.39, 0.29) is 5.41 Å². The molecular formula is C18H21N3. The molecule has 0 aromatic heterocycles. The second-order valence-corrected chi connectivity index (χ2v) is 6.72. The highest BCUT2D eigenvalue weighted by molar-refractivity contribution is 6.06. The van der Waals surface area contributed by atoms with Gasteiger partial charge in [0.1, 0.15) is 0 Å². The zero-order chi connectivity index (χ0) is 14.6. The first-order chi connectivity index (χ1) is 10.1. The Labute approximate surface area is 125 Å². The number of nitrogens with zero attached hydrogens (tertiary/aromatic N) is 1. The third-order valence-electron chi connectivity index (χ3n) is 4.97. The van der Waals surface area contributed by atoms with Crippen molar-refractivity contribution in [3.05, 3.63) is 35.9 Å². The van der Waals surface area contributed by atoms with Crippen molar-refractivity contribution >= 4 is 27.9 Å². The molecule has 2 N–H and O–H groups in total. The lowest BCUT2D eigenvalue weighted by atomic mass is 9.79. The minimum Gasteiger partial charge on any atom is -0.380 e. The fraction of sp³-hybridized carbons (Fsp3) is 0.389. The summed E-state index contributed by atoms with van der Waals surface area (Å²) < 4.78 is 0. The molecule has 0 radical (unpaired) electrons. The number of rotatable bonds is 2. The number of benzene rings is 2. The minimum atomic E-state index is 0.0294. The third-order valence-corrected chi connectivity index (χ3v) is 4.97. The largest absolute Gasteiger partial charge is 0.380 e. The van der Waals surface area contributed by atoms with Crippen LogP contribution in [0.25, 0.3) is 10.8 Å². The highest BCUT2D eigenvalue weighted by Crippen LogP contribution is 2.44. The normalized spacial score (nSPS) is 20.0. The molecule has 21 heavy (non-hydrogen) atoms. The molecule has 1 saturated heterocycles. The first-order valence-corrected chi connectivity index (χ1v) is 7.66. The SMILES string of the molecule is CC1=Nc2ccc3cc(NC4CNC4)ccc3c2C1(C)C. The zero-order valence-corrected chi connectivity index (χ0v) is 12.8. The zero-order valence-electron chi connectivity index (χ0n) is 12.8. The molecule has 0 atom stereocenters. The Hall–Kier alpha value is -1.87. The van der Waals surface area contributed by atoms with Gasteiger partial charge in [-0.3, -0.25) is 4.99 Å². The molecule has 0 aliphatic carbocycles. The van der Waals surface area contributed by atoms with Crippen LogP contribution in [0.15, 0.2) is 35.3 Å². The molecule has 3 nitrogen and oxygen atoms in total. The van der Waals surface area contributed by atoms with Crippen molar-refractivity contribution in [2.45, 2.75) is 32.2 Å². The predicted octanol–water partition coefficient (Wildman–Crippen LogP) is 3.61. The van der Waals surface area contributed by atoms with Gasteiger partial charge in [0.2, 0.25) is 0 Å². The van der Waals surface area contributed by atoms with Crippen LogP contribution in [0.1, 0.15) is 26.3 Å². The van der Waals surface area contributed by atoms with Crippen molar-refractivity contribution in [2.75, 3.05) is 18.4 Å². The molecule has 2 aromatic rings. The van der Waals surface area contributed by atoms with Gasteiger partial charge in [-0.1, -0.05) is 26.0 Å². The molecule has 0 unspecified atom stereocenters. The standard InChI is InChI=1S/C18H21N3/c1-11-18(2,3)17-15-6-5-13(21-14-9-19-10-14)8-12(15)4-7-16(17)20-11/h4-8,14,19,21H,9-10H2,1-3H3. The summed E-state index contributed by atoms with van der Waals surface area (Å²) in [6.45, 7) is 8.78. The lowest BCUT2D eigenvalue weighted by Gasteiger charge is -2.29. The van der Waals surface area contributed by atoms with E-state index in [0.29, 0.717) is 6.04 Å². The van der Waals surface area contributed by atoms with E-state index >= 15 is 0 Å². The quantitative estimate of drug-likeness (QED) is 0.881. The van der Waals surface area contributed by atoms with Crippen LogP contribution in [0.2, 0.25) is 0 Å². The summed E-state index contributed by atoms with van der Waals surface area (Å²) in [5, 5.41) is 9.49. The molecule has 0 amide bonds. The van der Waals surface area contributed by atoms with Gasteiger partial charge in [-0.2, -0.15) is 0 Å². The highest BCUT2D eigenvalue weighted by Gasteiger charge is 2.33. The molecule has 2 aliphatic heterocycles. The molecule has 0 bridgehead atoms. The lowest BCUT2D eigenvalue weighted by molar-refractivity contribution is 0.472. The maximum Gasteiger partial charge on any atom is 0.0677 e. The van der Waals surface area contributed by atoms with Crippen molar-refractivity contribution in [3.8, 4) is 0 Å².